The highest BCUT2D eigenvalue weighted by Gasteiger charge is 2.40. The van der Waals surface area contributed by atoms with E-state index in [1.807, 2.05) is 60.0 Å². The molecule has 1 aliphatic heterocycles. The number of aromatic carboxylic acids is 1. The Morgan fingerprint density at radius 2 is 1.85 bits per heavy atom. The van der Waals surface area contributed by atoms with Gasteiger partial charge in [-0.05, 0) is 55.7 Å². The molecule has 1 aliphatic rings. The number of halogens is 1. The van der Waals surface area contributed by atoms with Gasteiger partial charge in [0.1, 0.15) is 6.33 Å². The van der Waals surface area contributed by atoms with Gasteiger partial charge in [-0.3, -0.25) is 4.79 Å². The number of carbonyl (C=O) groups excluding carboxylic acids is 1. The molecule has 0 spiro atoms. The fourth-order valence-electron chi connectivity index (χ4n) is 5.73. The van der Waals surface area contributed by atoms with E-state index in [4.69, 9.17) is 11.6 Å². The first-order valence-corrected chi connectivity index (χ1v) is 13.2. The second kappa shape index (κ2) is 9.53. The fourth-order valence-corrected chi connectivity index (χ4v) is 5.99. The first-order chi connectivity index (χ1) is 19.2. The van der Waals surface area contributed by atoms with Crippen LogP contribution in [0.2, 0.25) is 5.02 Å². The van der Waals surface area contributed by atoms with E-state index in [0.717, 1.165) is 22.3 Å². The lowest BCUT2D eigenvalue weighted by atomic mass is 9.81. The largest absolute Gasteiger partial charge is 0.478 e. The van der Waals surface area contributed by atoms with Gasteiger partial charge in [-0.15, -0.1) is 0 Å². The first-order valence-electron chi connectivity index (χ1n) is 12.8. The topological polar surface area (TPSA) is 111 Å². The lowest BCUT2D eigenvalue weighted by Gasteiger charge is -2.40. The molecule has 0 saturated carbocycles. The van der Waals surface area contributed by atoms with Gasteiger partial charge in [0.2, 0.25) is 0 Å². The van der Waals surface area contributed by atoms with E-state index in [-0.39, 0.29) is 22.2 Å². The molecule has 0 unspecified atom stereocenters. The number of rotatable bonds is 5. The van der Waals surface area contributed by atoms with Gasteiger partial charge >= 0.3 is 11.7 Å². The predicted molar refractivity (Wildman–Crippen MR) is 151 cm³/mol. The number of benzene rings is 3. The summed E-state index contributed by atoms with van der Waals surface area (Å²) in [7, 11) is 1.55. The monoisotopic (exact) mass is 555 g/mol. The zero-order chi connectivity index (χ0) is 28.2. The third kappa shape index (κ3) is 4.10. The molecule has 202 valence electrons. The van der Waals surface area contributed by atoms with Crippen LogP contribution in [0, 0.1) is 6.92 Å². The number of carboxylic acid groups (broad SMARTS) is 1. The summed E-state index contributed by atoms with van der Waals surface area (Å²) in [6, 6.07) is 20.3. The van der Waals surface area contributed by atoms with Crippen LogP contribution in [0.5, 0.6) is 0 Å². The molecule has 5 aromatic rings. The normalized spacial score (nSPS) is 16.6. The fraction of sp³-hybridized carbons (Fsp3) is 0.200. The third-order valence-electron chi connectivity index (χ3n) is 7.73. The molecule has 40 heavy (non-hydrogen) atoms. The van der Waals surface area contributed by atoms with Crippen LogP contribution in [-0.2, 0) is 25.6 Å². The minimum atomic E-state index is -0.958. The summed E-state index contributed by atoms with van der Waals surface area (Å²) in [5, 5.41) is 18.2. The van der Waals surface area contributed by atoms with Crippen LogP contribution in [0.1, 0.15) is 44.0 Å². The summed E-state index contributed by atoms with van der Waals surface area (Å²) in [4.78, 5) is 38.4. The number of nitrogens with zero attached hydrogens (tertiary/aromatic N) is 4. The standard InChI is InChI=1S/C30H26ClN5O4/c1-18-8-11-24-22(14-18)26(28(38)39)25-12-13-30(16-35(24)25,19-6-4-3-5-7-19)33-27(37)21-10-9-20(15-23(21)31)36-17-32-34(2)29(36)40/h3-11,14-15,17H,12-13,16H2,1-2H3,(H,33,37)(H,38,39)/t30-/m1/s1. The van der Waals surface area contributed by atoms with Gasteiger partial charge in [-0.1, -0.05) is 53.6 Å². The van der Waals surface area contributed by atoms with E-state index < -0.39 is 11.5 Å². The quantitative estimate of drug-likeness (QED) is 0.333. The van der Waals surface area contributed by atoms with Gasteiger partial charge in [0.15, 0.2) is 0 Å². The molecule has 10 heteroatoms. The molecule has 9 nitrogen and oxygen atoms in total. The maximum absolute atomic E-state index is 13.8. The number of carboxylic acids is 1. The average Bonchev–Trinajstić information content (AvgIpc) is 3.44. The molecule has 0 bridgehead atoms. The Labute approximate surface area is 234 Å². The Kier molecular flexibility index (Phi) is 6.11. The second-order valence-corrected chi connectivity index (χ2v) is 10.6. The van der Waals surface area contributed by atoms with Crippen LogP contribution in [0.4, 0.5) is 0 Å². The van der Waals surface area contributed by atoms with Crippen molar-refractivity contribution < 1.29 is 14.7 Å². The van der Waals surface area contributed by atoms with Crippen LogP contribution >= 0.6 is 11.6 Å². The van der Waals surface area contributed by atoms with Gasteiger partial charge in [0, 0.05) is 23.6 Å². The van der Waals surface area contributed by atoms with Gasteiger partial charge in [0.05, 0.1) is 33.9 Å². The van der Waals surface area contributed by atoms with E-state index >= 15 is 0 Å². The zero-order valence-electron chi connectivity index (χ0n) is 21.9. The Morgan fingerprint density at radius 1 is 1.07 bits per heavy atom. The van der Waals surface area contributed by atoms with E-state index in [9.17, 15) is 19.5 Å². The molecular formula is C30H26ClN5O4. The van der Waals surface area contributed by atoms with E-state index in [1.165, 1.54) is 15.6 Å². The van der Waals surface area contributed by atoms with Crippen molar-refractivity contribution in [2.24, 2.45) is 7.05 Å². The number of aromatic nitrogens is 4. The highest BCUT2D eigenvalue weighted by molar-refractivity contribution is 6.34. The van der Waals surface area contributed by atoms with Gasteiger partial charge in [-0.25, -0.2) is 18.8 Å². The van der Waals surface area contributed by atoms with Gasteiger partial charge in [-0.2, -0.15) is 5.10 Å². The second-order valence-electron chi connectivity index (χ2n) is 10.2. The van der Waals surface area contributed by atoms with Gasteiger partial charge in [0.25, 0.3) is 5.91 Å². The molecule has 0 fully saturated rings. The van der Waals surface area contributed by atoms with Crippen molar-refractivity contribution in [2.45, 2.75) is 31.8 Å². The molecule has 0 saturated heterocycles. The van der Waals surface area contributed by atoms with E-state index in [2.05, 4.69) is 10.4 Å². The van der Waals surface area contributed by atoms with Crippen molar-refractivity contribution in [1.29, 1.82) is 0 Å². The Hall–Kier alpha value is -4.63. The molecule has 1 atom stereocenters. The molecule has 2 aromatic heterocycles. The molecule has 3 aromatic carbocycles. The Balaban J connectivity index is 1.42. The minimum absolute atomic E-state index is 0.195. The SMILES string of the molecule is Cc1ccc2c(c1)c(C(=O)O)c1n2C[C@@](NC(=O)c2ccc(-n3cnn(C)c3=O)cc2Cl)(c2ccccc2)CC1. The Morgan fingerprint density at radius 3 is 2.52 bits per heavy atom. The minimum Gasteiger partial charge on any atom is -0.478 e. The lowest BCUT2D eigenvalue weighted by molar-refractivity contribution is 0.0693. The van der Waals surface area contributed by atoms with Crippen LogP contribution < -0.4 is 11.0 Å². The molecule has 0 radical (unpaired) electrons. The lowest BCUT2D eigenvalue weighted by Crippen LogP contribution is -2.51. The average molecular weight is 556 g/mol. The summed E-state index contributed by atoms with van der Waals surface area (Å²) < 4.78 is 4.58. The number of amides is 1. The van der Waals surface area contributed by atoms with Crippen molar-refractivity contribution in [2.75, 3.05) is 0 Å². The zero-order valence-corrected chi connectivity index (χ0v) is 22.6. The number of fused-ring (bicyclic) bond motifs is 3. The van der Waals surface area contributed by atoms with Crippen LogP contribution in [-0.4, -0.2) is 35.9 Å². The number of hydrogen-bond donors (Lipinski definition) is 2. The highest BCUT2D eigenvalue weighted by atomic mass is 35.5. The third-order valence-corrected chi connectivity index (χ3v) is 8.05. The van der Waals surface area contributed by atoms with Crippen LogP contribution in [0.15, 0.2) is 77.9 Å². The van der Waals surface area contributed by atoms with Crippen molar-refractivity contribution in [3.8, 4) is 5.69 Å². The van der Waals surface area contributed by atoms with Gasteiger partial charge < -0.3 is 15.0 Å². The van der Waals surface area contributed by atoms with E-state index in [1.54, 1.807) is 25.2 Å². The van der Waals surface area contributed by atoms with Crippen molar-refractivity contribution in [3.63, 3.8) is 0 Å². The smallest absolute Gasteiger partial charge is 0.350 e. The molecular weight excluding hydrogens is 530 g/mol. The molecule has 2 N–H and O–H groups in total. The molecule has 1 amide bonds. The summed E-state index contributed by atoms with van der Waals surface area (Å²) >= 11 is 6.58. The van der Waals surface area contributed by atoms with Crippen LogP contribution in [0.25, 0.3) is 16.6 Å². The number of nitrogens with one attached hydrogen (secondary N) is 1. The maximum Gasteiger partial charge on any atom is 0.350 e. The summed E-state index contributed by atoms with van der Waals surface area (Å²) in [5.74, 6) is -1.33. The molecule has 0 aliphatic carbocycles. The Bertz CT molecular complexity index is 1870. The van der Waals surface area contributed by atoms with E-state index in [0.29, 0.717) is 36.0 Å². The maximum atomic E-state index is 13.8. The van der Waals surface area contributed by atoms with Crippen molar-refractivity contribution in [3.05, 3.63) is 117 Å². The number of carbonyl (C=O) groups is 2. The predicted octanol–water partition coefficient (Wildman–Crippen LogP) is 4.46. The summed E-state index contributed by atoms with van der Waals surface area (Å²) in [5.41, 5.74) is 3.38. The van der Waals surface area contributed by atoms with Crippen molar-refractivity contribution in [1.82, 2.24) is 24.2 Å². The van der Waals surface area contributed by atoms with Crippen LogP contribution in [0.3, 0.4) is 0 Å². The summed E-state index contributed by atoms with van der Waals surface area (Å²) in [6.07, 6.45) is 2.35. The molecule has 6 rings (SSSR count). The highest BCUT2D eigenvalue weighted by Crippen LogP contribution is 2.39. The number of hydrogen-bond acceptors (Lipinski definition) is 4. The summed E-state index contributed by atoms with van der Waals surface area (Å²) in [6.45, 7) is 2.29. The number of aryl methyl sites for hydroxylation is 2. The molecule has 3 heterocycles. The van der Waals surface area contributed by atoms with Crippen molar-refractivity contribution >= 4 is 34.4 Å². The first kappa shape index (κ1) is 25.6.